The molecule has 21 heavy (non-hydrogen) atoms. The minimum absolute atomic E-state index is 0.519. The first-order chi connectivity index (χ1) is 10.0. The monoisotopic (exact) mass is 317 g/mol. The van der Waals surface area contributed by atoms with E-state index in [4.69, 9.17) is 11.5 Å². The number of pyridine rings is 1. The molecule has 0 fully saturated rings. The molecule has 3 aromatic rings. The topological polar surface area (TPSA) is 90.7 Å². The Balaban J connectivity index is 1.86. The number of aromatic nitrogens is 3. The van der Waals surface area contributed by atoms with Crippen LogP contribution in [0.5, 0.6) is 0 Å². The van der Waals surface area contributed by atoms with Gasteiger partial charge < -0.3 is 11.5 Å². The molecule has 0 saturated heterocycles. The van der Waals surface area contributed by atoms with Gasteiger partial charge in [0.15, 0.2) is 0 Å². The van der Waals surface area contributed by atoms with E-state index in [2.05, 4.69) is 28.8 Å². The van der Waals surface area contributed by atoms with Crippen LogP contribution in [0.25, 0.3) is 10.2 Å². The maximum atomic E-state index is 6.08. The first kappa shape index (κ1) is 14.1. The van der Waals surface area contributed by atoms with E-state index in [9.17, 15) is 0 Å². The van der Waals surface area contributed by atoms with Crippen LogP contribution >= 0.6 is 23.1 Å². The lowest BCUT2D eigenvalue weighted by atomic mass is 10.2. The van der Waals surface area contributed by atoms with Gasteiger partial charge in [-0.15, -0.1) is 23.1 Å². The van der Waals surface area contributed by atoms with E-state index in [0.717, 1.165) is 20.9 Å². The average molecular weight is 317 g/mol. The van der Waals surface area contributed by atoms with Crippen LogP contribution in [0, 0.1) is 13.8 Å². The molecule has 3 rings (SSSR count). The highest BCUT2D eigenvalue weighted by molar-refractivity contribution is 7.98. The van der Waals surface area contributed by atoms with E-state index < -0.39 is 0 Å². The molecule has 0 aliphatic heterocycles. The summed E-state index contributed by atoms with van der Waals surface area (Å²) >= 11 is 3.28. The van der Waals surface area contributed by atoms with E-state index in [-0.39, 0.29) is 0 Å². The van der Waals surface area contributed by atoms with Crippen molar-refractivity contribution >= 4 is 45.0 Å². The quantitative estimate of drug-likeness (QED) is 0.721. The van der Waals surface area contributed by atoms with Gasteiger partial charge in [0.1, 0.15) is 22.3 Å². The SMILES string of the molecule is Cc1sc2nc(CSc3ccc(N)nc3)nc(N)c2c1C. The summed E-state index contributed by atoms with van der Waals surface area (Å²) in [7, 11) is 0. The lowest BCUT2D eigenvalue weighted by Crippen LogP contribution is -1.99. The summed E-state index contributed by atoms with van der Waals surface area (Å²) in [5.74, 6) is 2.48. The lowest BCUT2D eigenvalue weighted by molar-refractivity contribution is 1.08. The highest BCUT2D eigenvalue weighted by Crippen LogP contribution is 2.32. The van der Waals surface area contributed by atoms with Crippen LogP contribution in [0.4, 0.5) is 11.6 Å². The molecule has 0 spiro atoms. The van der Waals surface area contributed by atoms with Crippen molar-refractivity contribution in [3.8, 4) is 0 Å². The number of thioether (sulfide) groups is 1. The fourth-order valence-corrected chi connectivity index (χ4v) is 3.79. The standard InChI is InChI=1S/C14H15N5S2/c1-7-8(2)21-14-12(7)13(16)18-11(19-14)6-20-9-3-4-10(15)17-5-9/h3-5H,6H2,1-2H3,(H2,15,17)(H2,16,18,19). The zero-order valence-electron chi connectivity index (χ0n) is 11.8. The largest absolute Gasteiger partial charge is 0.384 e. The lowest BCUT2D eigenvalue weighted by Gasteiger charge is -2.03. The fraction of sp³-hybridized carbons (Fsp3) is 0.214. The Labute approximate surface area is 130 Å². The Morgan fingerprint density at radius 1 is 1.19 bits per heavy atom. The van der Waals surface area contributed by atoms with Crippen LogP contribution in [-0.2, 0) is 5.75 Å². The van der Waals surface area contributed by atoms with Crippen molar-refractivity contribution in [3.63, 3.8) is 0 Å². The highest BCUT2D eigenvalue weighted by Gasteiger charge is 2.12. The van der Waals surface area contributed by atoms with Gasteiger partial charge in [0.05, 0.1) is 11.1 Å². The van der Waals surface area contributed by atoms with Crippen molar-refractivity contribution in [2.24, 2.45) is 0 Å². The van der Waals surface area contributed by atoms with Gasteiger partial charge in [0.25, 0.3) is 0 Å². The van der Waals surface area contributed by atoms with E-state index in [1.807, 2.05) is 6.07 Å². The third-order valence-corrected chi connectivity index (χ3v) is 5.31. The first-order valence-electron chi connectivity index (χ1n) is 6.41. The molecule has 0 atom stereocenters. The van der Waals surface area contributed by atoms with Crippen LogP contribution in [0.3, 0.4) is 0 Å². The summed E-state index contributed by atoms with van der Waals surface area (Å²) in [5.41, 5.74) is 12.8. The summed E-state index contributed by atoms with van der Waals surface area (Å²) in [4.78, 5) is 16.3. The number of hydrogen-bond acceptors (Lipinski definition) is 7. The second kappa shape index (κ2) is 5.50. The van der Waals surface area contributed by atoms with Gasteiger partial charge in [-0.25, -0.2) is 15.0 Å². The molecule has 0 bridgehead atoms. The molecule has 4 N–H and O–H groups in total. The van der Waals surface area contributed by atoms with E-state index in [1.165, 1.54) is 10.4 Å². The molecule has 108 valence electrons. The van der Waals surface area contributed by atoms with Gasteiger partial charge in [-0.2, -0.15) is 0 Å². The molecule has 0 unspecified atom stereocenters. The van der Waals surface area contributed by atoms with Gasteiger partial charge >= 0.3 is 0 Å². The Morgan fingerprint density at radius 3 is 2.71 bits per heavy atom. The van der Waals surface area contributed by atoms with Crippen LogP contribution in [-0.4, -0.2) is 15.0 Å². The Hall–Kier alpha value is -1.86. The number of nitrogens with zero attached hydrogens (tertiary/aromatic N) is 3. The van der Waals surface area contributed by atoms with Crippen LogP contribution in [0.2, 0.25) is 0 Å². The number of fused-ring (bicyclic) bond motifs is 1. The van der Waals surface area contributed by atoms with Gasteiger partial charge in [-0.05, 0) is 31.5 Å². The second-order valence-corrected chi connectivity index (χ2v) is 6.95. The maximum absolute atomic E-state index is 6.08. The molecular weight excluding hydrogens is 302 g/mol. The number of nitrogen functional groups attached to an aromatic ring is 2. The van der Waals surface area contributed by atoms with Crippen molar-refractivity contribution < 1.29 is 0 Å². The molecular formula is C14H15N5S2. The molecule has 3 heterocycles. The Morgan fingerprint density at radius 2 is 2.00 bits per heavy atom. The zero-order valence-corrected chi connectivity index (χ0v) is 13.4. The van der Waals surface area contributed by atoms with Crippen LogP contribution in [0.1, 0.15) is 16.3 Å². The second-order valence-electron chi connectivity index (χ2n) is 4.70. The molecule has 5 nitrogen and oxygen atoms in total. The minimum Gasteiger partial charge on any atom is -0.384 e. The normalized spacial score (nSPS) is 11.1. The summed E-state index contributed by atoms with van der Waals surface area (Å²) in [5, 5.41) is 0.986. The molecule has 0 saturated carbocycles. The number of nitrogens with two attached hydrogens (primary N) is 2. The highest BCUT2D eigenvalue weighted by atomic mass is 32.2. The fourth-order valence-electron chi connectivity index (χ4n) is 2.02. The number of aryl methyl sites for hydroxylation is 2. The van der Waals surface area contributed by atoms with Crippen LogP contribution in [0.15, 0.2) is 23.2 Å². The predicted octanol–water partition coefficient (Wildman–Crippen LogP) is 3.16. The number of hydrogen-bond donors (Lipinski definition) is 2. The third-order valence-electron chi connectivity index (χ3n) is 3.23. The Bertz CT molecular complexity index is 795. The van der Waals surface area contributed by atoms with Crippen molar-refractivity contribution in [2.75, 3.05) is 11.5 Å². The van der Waals surface area contributed by atoms with Crippen LogP contribution < -0.4 is 11.5 Å². The number of rotatable bonds is 3. The smallest absolute Gasteiger partial charge is 0.142 e. The molecule has 7 heteroatoms. The predicted molar refractivity (Wildman–Crippen MR) is 89.5 cm³/mol. The van der Waals surface area contributed by atoms with Crippen molar-refractivity contribution in [1.82, 2.24) is 15.0 Å². The summed E-state index contributed by atoms with van der Waals surface area (Å²) in [6.07, 6.45) is 1.75. The molecule has 0 aliphatic rings. The molecule has 0 aromatic carbocycles. The maximum Gasteiger partial charge on any atom is 0.142 e. The summed E-state index contributed by atoms with van der Waals surface area (Å²) < 4.78 is 0. The molecule has 3 aromatic heterocycles. The van der Waals surface area contributed by atoms with Crippen molar-refractivity contribution in [3.05, 3.63) is 34.6 Å². The van der Waals surface area contributed by atoms with E-state index >= 15 is 0 Å². The zero-order chi connectivity index (χ0) is 15.0. The van der Waals surface area contributed by atoms with Gasteiger partial charge in [0.2, 0.25) is 0 Å². The number of thiophene rings is 1. The molecule has 0 radical (unpaired) electrons. The van der Waals surface area contributed by atoms with Crippen molar-refractivity contribution in [1.29, 1.82) is 0 Å². The van der Waals surface area contributed by atoms with Crippen molar-refractivity contribution in [2.45, 2.75) is 24.5 Å². The van der Waals surface area contributed by atoms with E-state index in [0.29, 0.717) is 17.4 Å². The number of anilines is 2. The van der Waals surface area contributed by atoms with Gasteiger partial charge in [0, 0.05) is 16.0 Å². The molecule has 0 aliphatic carbocycles. The average Bonchev–Trinajstić information content (AvgIpc) is 2.74. The first-order valence-corrected chi connectivity index (χ1v) is 8.21. The molecule has 0 amide bonds. The summed E-state index contributed by atoms with van der Waals surface area (Å²) in [6.45, 7) is 4.14. The minimum atomic E-state index is 0.519. The van der Waals surface area contributed by atoms with Gasteiger partial charge in [-0.1, -0.05) is 0 Å². The Kier molecular flexibility index (Phi) is 3.69. The van der Waals surface area contributed by atoms with Gasteiger partial charge in [-0.3, -0.25) is 0 Å². The third kappa shape index (κ3) is 2.79. The van der Waals surface area contributed by atoms with E-state index in [1.54, 1.807) is 35.4 Å². The summed E-state index contributed by atoms with van der Waals surface area (Å²) in [6, 6.07) is 3.72.